The quantitative estimate of drug-likeness (QED) is 0.544. The Labute approximate surface area is 165 Å². The predicted octanol–water partition coefficient (Wildman–Crippen LogP) is 6.11. The smallest absolute Gasteiger partial charge is 0.0505 e. The Morgan fingerprint density at radius 2 is 1.67 bits per heavy atom. The number of hydrogen-bond acceptors (Lipinski definition) is 3. The van der Waals surface area contributed by atoms with Crippen molar-refractivity contribution in [3.8, 4) is 0 Å². The Kier molecular flexibility index (Phi) is 4.54. The van der Waals surface area contributed by atoms with Gasteiger partial charge in [-0.15, -0.1) is 0 Å². The van der Waals surface area contributed by atoms with Crippen molar-refractivity contribution in [3.05, 3.63) is 90.0 Å². The van der Waals surface area contributed by atoms with Crippen LogP contribution in [0.15, 0.2) is 83.8 Å². The summed E-state index contributed by atoms with van der Waals surface area (Å²) >= 11 is 1.86. The Bertz CT molecular complexity index is 910. The van der Waals surface area contributed by atoms with Crippen molar-refractivity contribution < 1.29 is 0 Å². The maximum Gasteiger partial charge on any atom is 0.0505 e. The minimum atomic E-state index is 0.573. The number of fused-ring (bicyclic) bond motifs is 1. The summed E-state index contributed by atoms with van der Waals surface area (Å²) in [5.41, 5.74) is 5.63. The fourth-order valence-electron chi connectivity index (χ4n) is 3.99. The monoisotopic (exact) mass is 372 g/mol. The second kappa shape index (κ2) is 7.32. The summed E-state index contributed by atoms with van der Waals surface area (Å²) in [6, 6.07) is 29.0. The normalized spacial score (nSPS) is 20.8. The van der Waals surface area contributed by atoms with E-state index in [4.69, 9.17) is 0 Å². The van der Waals surface area contributed by atoms with Crippen LogP contribution in [0.5, 0.6) is 0 Å². The van der Waals surface area contributed by atoms with Crippen molar-refractivity contribution in [2.24, 2.45) is 0 Å². The third-order valence-electron chi connectivity index (χ3n) is 5.48. The van der Waals surface area contributed by atoms with Gasteiger partial charge in [-0.1, -0.05) is 48.5 Å². The van der Waals surface area contributed by atoms with Crippen molar-refractivity contribution in [1.29, 1.82) is 0 Å². The highest BCUT2D eigenvalue weighted by Gasteiger charge is 2.38. The van der Waals surface area contributed by atoms with E-state index in [0.29, 0.717) is 12.0 Å². The van der Waals surface area contributed by atoms with Crippen LogP contribution in [0.3, 0.4) is 0 Å². The fourth-order valence-corrected chi connectivity index (χ4v) is 5.02. The Balaban J connectivity index is 1.30. The SMILES string of the molecule is c1ccc(NC2CC2c2ccc3c(c2)CCCN3Sc2ccccc2)cc1. The van der Waals surface area contributed by atoms with E-state index >= 15 is 0 Å². The van der Waals surface area contributed by atoms with Gasteiger partial charge in [-0.3, -0.25) is 0 Å². The maximum atomic E-state index is 3.67. The van der Waals surface area contributed by atoms with Crippen LogP contribution in [0.25, 0.3) is 0 Å². The zero-order valence-electron chi connectivity index (χ0n) is 15.3. The Morgan fingerprint density at radius 3 is 2.48 bits per heavy atom. The first-order valence-corrected chi connectivity index (χ1v) is 10.6. The lowest BCUT2D eigenvalue weighted by atomic mass is 9.99. The first-order chi connectivity index (χ1) is 13.4. The number of nitrogens with zero attached hydrogens (tertiary/aromatic N) is 1. The molecular weight excluding hydrogens is 348 g/mol. The molecule has 2 unspecified atom stereocenters. The number of nitrogens with one attached hydrogen (secondary N) is 1. The number of anilines is 2. The van der Waals surface area contributed by atoms with Gasteiger partial charge in [-0.25, -0.2) is 0 Å². The molecule has 1 saturated carbocycles. The van der Waals surface area contributed by atoms with Crippen LogP contribution in [-0.2, 0) is 6.42 Å². The van der Waals surface area contributed by atoms with E-state index in [1.807, 2.05) is 11.9 Å². The minimum Gasteiger partial charge on any atom is -0.382 e. The van der Waals surface area contributed by atoms with Crippen LogP contribution >= 0.6 is 11.9 Å². The van der Waals surface area contributed by atoms with Crippen molar-refractivity contribution in [3.63, 3.8) is 0 Å². The standard InChI is InChI=1S/C24H24N2S/c1-3-9-20(10-4-1)25-23-17-22(23)18-13-14-24-19(16-18)8-7-15-26(24)27-21-11-5-2-6-12-21/h1-6,9-14,16,22-23,25H,7-8,15,17H2. The molecule has 136 valence electrons. The topological polar surface area (TPSA) is 15.3 Å². The van der Waals surface area contributed by atoms with E-state index < -0.39 is 0 Å². The molecule has 2 aliphatic rings. The van der Waals surface area contributed by atoms with Gasteiger partial charge in [-0.2, -0.15) is 0 Å². The zero-order chi connectivity index (χ0) is 18.1. The lowest BCUT2D eigenvalue weighted by Crippen LogP contribution is -2.22. The number of benzene rings is 3. The third-order valence-corrected chi connectivity index (χ3v) is 6.57. The van der Waals surface area contributed by atoms with Crippen LogP contribution in [0.4, 0.5) is 11.4 Å². The van der Waals surface area contributed by atoms with Crippen LogP contribution in [-0.4, -0.2) is 12.6 Å². The molecule has 0 saturated heterocycles. The number of aryl methyl sites for hydroxylation is 1. The van der Waals surface area contributed by atoms with E-state index in [-0.39, 0.29) is 0 Å². The van der Waals surface area contributed by atoms with Gasteiger partial charge >= 0.3 is 0 Å². The molecule has 1 fully saturated rings. The van der Waals surface area contributed by atoms with E-state index in [2.05, 4.69) is 88.5 Å². The molecule has 0 spiro atoms. The van der Waals surface area contributed by atoms with Gasteiger partial charge in [-0.05, 0) is 72.7 Å². The lowest BCUT2D eigenvalue weighted by Gasteiger charge is -2.30. The van der Waals surface area contributed by atoms with Crippen LogP contribution < -0.4 is 9.62 Å². The Morgan fingerprint density at radius 1 is 0.889 bits per heavy atom. The second-order valence-electron chi connectivity index (χ2n) is 7.46. The van der Waals surface area contributed by atoms with Crippen LogP contribution in [0.2, 0.25) is 0 Å². The summed E-state index contributed by atoms with van der Waals surface area (Å²) in [5.74, 6) is 0.646. The van der Waals surface area contributed by atoms with Gasteiger partial charge in [0.2, 0.25) is 0 Å². The molecule has 1 N–H and O–H groups in total. The second-order valence-corrected chi connectivity index (χ2v) is 8.55. The molecule has 0 radical (unpaired) electrons. The van der Waals surface area contributed by atoms with Crippen molar-refractivity contribution >= 4 is 23.3 Å². The lowest BCUT2D eigenvalue weighted by molar-refractivity contribution is 0.792. The van der Waals surface area contributed by atoms with E-state index in [0.717, 1.165) is 6.54 Å². The molecule has 2 nitrogen and oxygen atoms in total. The number of rotatable bonds is 5. The van der Waals surface area contributed by atoms with Gasteiger partial charge in [0.25, 0.3) is 0 Å². The largest absolute Gasteiger partial charge is 0.382 e. The average Bonchev–Trinajstić information content (AvgIpc) is 3.48. The highest BCUT2D eigenvalue weighted by Crippen LogP contribution is 2.45. The molecule has 3 heteroatoms. The minimum absolute atomic E-state index is 0.573. The van der Waals surface area contributed by atoms with Crippen molar-refractivity contribution in [1.82, 2.24) is 0 Å². The van der Waals surface area contributed by atoms with Crippen LogP contribution in [0, 0.1) is 0 Å². The summed E-state index contributed by atoms with van der Waals surface area (Å²) in [7, 11) is 0. The summed E-state index contributed by atoms with van der Waals surface area (Å²) in [4.78, 5) is 1.31. The van der Waals surface area contributed by atoms with E-state index in [9.17, 15) is 0 Å². The average molecular weight is 373 g/mol. The highest BCUT2D eigenvalue weighted by atomic mass is 32.2. The molecule has 1 aliphatic carbocycles. The zero-order valence-corrected chi connectivity index (χ0v) is 16.2. The van der Waals surface area contributed by atoms with Crippen LogP contribution in [0.1, 0.15) is 29.9 Å². The van der Waals surface area contributed by atoms with E-state index in [1.54, 1.807) is 0 Å². The first-order valence-electron chi connectivity index (χ1n) is 9.82. The van der Waals surface area contributed by atoms with Gasteiger partial charge in [0.15, 0.2) is 0 Å². The van der Waals surface area contributed by atoms with Gasteiger partial charge in [0, 0.05) is 29.1 Å². The molecule has 3 aromatic rings. The fraction of sp³-hybridized carbons (Fsp3) is 0.250. The first kappa shape index (κ1) is 16.8. The molecule has 2 atom stereocenters. The van der Waals surface area contributed by atoms with E-state index in [1.165, 1.54) is 46.7 Å². The molecule has 27 heavy (non-hydrogen) atoms. The van der Waals surface area contributed by atoms with Gasteiger partial charge < -0.3 is 9.62 Å². The molecular formula is C24H24N2S. The molecule has 3 aromatic carbocycles. The predicted molar refractivity (Wildman–Crippen MR) is 116 cm³/mol. The molecule has 0 aromatic heterocycles. The highest BCUT2D eigenvalue weighted by molar-refractivity contribution is 8.00. The van der Waals surface area contributed by atoms with Gasteiger partial charge in [0.1, 0.15) is 0 Å². The Hall–Kier alpha value is -2.39. The summed E-state index contributed by atoms with van der Waals surface area (Å²) < 4.78 is 2.46. The summed E-state index contributed by atoms with van der Waals surface area (Å²) in [5, 5.41) is 3.67. The summed E-state index contributed by atoms with van der Waals surface area (Å²) in [6.07, 6.45) is 3.65. The maximum absolute atomic E-state index is 3.67. The molecule has 0 bridgehead atoms. The summed E-state index contributed by atoms with van der Waals surface area (Å²) in [6.45, 7) is 1.12. The van der Waals surface area contributed by atoms with Crippen molar-refractivity contribution in [2.75, 3.05) is 16.2 Å². The third kappa shape index (κ3) is 3.70. The number of para-hydroxylation sites is 1. The molecule has 1 aliphatic heterocycles. The van der Waals surface area contributed by atoms with Gasteiger partial charge in [0.05, 0.1) is 5.69 Å². The molecule has 1 heterocycles. The number of hydrogen-bond donors (Lipinski definition) is 1. The van der Waals surface area contributed by atoms with Crippen molar-refractivity contribution in [2.45, 2.75) is 36.1 Å². The molecule has 5 rings (SSSR count). The molecule has 0 amide bonds.